The van der Waals surface area contributed by atoms with Crippen LogP contribution in [0.2, 0.25) is 0 Å². The van der Waals surface area contributed by atoms with Gasteiger partial charge in [0.05, 0.1) is 24.0 Å². The van der Waals surface area contributed by atoms with Crippen LogP contribution in [0, 0.1) is 0 Å². The van der Waals surface area contributed by atoms with Gasteiger partial charge in [0, 0.05) is 17.8 Å². The summed E-state index contributed by atoms with van der Waals surface area (Å²) in [6.45, 7) is 1.48. The highest BCUT2D eigenvalue weighted by Crippen LogP contribution is 2.43. The second-order valence-corrected chi connectivity index (χ2v) is 7.96. The predicted molar refractivity (Wildman–Crippen MR) is 105 cm³/mol. The first-order chi connectivity index (χ1) is 15.4. The van der Waals surface area contributed by atoms with E-state index in [0.29, 0.717) is 11.3 Å². The third-order valence-corrected chi connectivity index (χ3v) is 5.30. The van der Waals surface area contributed by atoms with Crippen molar-refractivity contribution in [2.45, 2.75) is 50.6 Å². The number of halogens is 6. The van der Waals surface area contributed by atoms with Crippen LogP contribution in [0.1, 0.15) is 54.2 Å². The molecule has 1 amide bonds. The third-order valence-electron chi connectivity index (χ3n) is 5.30. The molecule has 0 aliphatic heterocycles. The Morgan fingerprint density at radius 1 is 1.15 bits per heavy atom. The van der Waals surface area contributed by atoms with Crippen LogP contribution in [-0.4, -0.2) is 25.5 Å². The van der Waals surface area contributed by atoms with Crippen LogP contribution in [0.4, 0.5) is 32.0 Å². The molecule has 1 atom stereocenters. The molecule has 0 radical (unpaired) electrons. The lowest BCUT2D eigenvalue weighted by Crippen LogP contribution is -2.26. The molecule has 1 N–H and O–H groups in total. The van der Waals surface area contributed by atoms with Crippen LogP contribution in [0.3, 0.4) is 0 Å². The van der Waals surface area contributed by atoms with E-state index in [-0.39, 0.29) is 18.2 Å². The first kappa shape index (κ1) is 22.9. The maximum Gasteiger partial charge on any atom is 0.435 e. The van der Waals surface area contributed by atoms with E-state index in [9.17, 15) is 31.1 Å². The molecule has 1 aliphatic carbocycles. The lowest BCUT2D eigenvalue weighted by atomic mass is 10.1. The van der Waals surface area contributed by atoms with Crippen LogP contribution in [0.25, 0.3) is 0 Å². The lowest BCUT2D eigenvalue weighted by molar-refractivity contribution is -0.142. The van der Waals surface area contributed by atoms with E-state index in [0.717, 1.165) is 35.7 Å². The summed E-state index contributed by atoms with van der Waals surface area (Å²) in [5, 5.41) is 10.2. The molecule has 3 aromatic rings. The van der Waals surface area contributed by atoms with Crippen LogP contribution in [0.15, 0.2) is 42.7 Å². The number of hydrogen-bond donors (Lipinski definition) is 1. The molecule has 1 saturated carbocycles. The number of rotatable bonds is 6. The first-order valence-electron chi connectivity index (χ1n) is 10.1. The summed E-state index contributed by atoms with van der Waals surface area (Å²) in [7, 11) is 0. The minimum Gasteiger partial charge on any atom is -0.322 e. The average Bonchev–Trinajstić information content (AvgIpc) is 3.31. The van der Waals surface area contributed by atoms with Gasteiger partial charge >= 0.3 is 12.4 Å². The highest BCUT2D eigenvalue weighted by Gasteiger charge is 2.39. The minimum absolute atomic E-state index is 0.0370. The van der Waals surface area contributed by atoms with Crippen LogP contribution in [0.5, 0.6) is 0 Å². The first-order valence-corrected chi connectivity index (χ1v) is 10.1. The molecular formula is C21H19F6N5O. The van der Waals surface area contributed by atoms with Gasteiger partial charge in [-0.2, -0.15) is 36.5 Å². The van der Waals surface area contributed by atoms with Crippen molar-refractivity contribution in [3.63, 3.8) is 0 Å². The molecule has 2 heterocycles. The fourth-order valence-corrected chi connectivity index (χ4v) is 3.45. The summed E-state index contributed by atoms with van der Waals surface area (Å²) in [5.74, 6) is -0.647. The Labute approximate surface area is 184 Å². The van der Waals surface area contributed by atoms with Crippen LogP contribution in [-0.2, 0) is 23.7 Å². The molecule has 1 unspecified atom stereocenters. The zero-order valence-corrected chi connectivity index (χ0v) is 17.3. The van der Waals surface area contributed by atoms with E-state index in [4.69, 9.17) is 0 Å². The number of nitrogens with one attached hydrogen (secondary N) is 1. The summed E-state index contributed by atoms with van der Waals surface area (Å²) in [6, 6.07) is 4.76. The molecule has 0 saturated heterocycles. The number of anilines is 1. The van der Waals surface area contributed by atoms with Crippen molar-refractivity contribution in [2.75, 3.05) is 5.32 Å². The Balaban J connectivity index is 1.46. The monoisotopic (exact) mass is 471 g/mol. The van der Waals surface area contributed by atoms with Crippen molar-refractivity contribution in [3.05, 3.63) is 65.2 Å². The van der Waals surface area contributed by atoms with Gasteiger partial charge in [0.1, 0.15) is 6.04 Å². The van der Waals surface area contributed by atoms with Gasteiger partial charge in [0.25, 0.3) is 0 Å². The lowest BCUT2D eigenvalue weighted by Gasteiger charge is -2.15. The second kappa shape index (κ2) is 8.23. The Hall–Kier alpha value is -3.31. The van der Waals surface area contributed by atoms with E-state index in [1.807, 2.05) is 0 Å². The number of carbonyl (C=O) groups excluding carboxylic acids is 1. The molecule has 1 aliphatic rings. The standard InChI is InChI=1S/C21H19F6N5O/c1-12(32-17(14-5-6-14)8-18(30-32)21(25,26)27)19(33)29-16-9-28-31(11-16)10-13-3-2-4-15(7-13)20(22,23)24/h2-4,7-9,11-12,14H,5-6,10H2,1H3,(H,29,33). The van der Waals surface area contributed by atoms with E-state index < -0.39 is 35.6 Å². The molecule has 0 bridgehead atoms. The average molecular weight is 471 g/mol. The maximum absolute atomic E-state index is 13.1. The zero-order valence-electron chi connectivity index (χ0n) is 17.3. The van der Waals surface area contributed by atoms with Gasteiger partial charge in [-0.1, -0.05) is 12.1 Å². The molecular weight excluding hydrogens is 452 g/mol. The second-order valence-electron chi connectivity index (χ2n) is 7.96. The van der Waals surface area contributed by atoms with Gasteiger partial charge in [0.2, 0.25) is 5.91 Å². The minimum atomic E-state index is -4.62. The van der Waals surface area contributed by atoms with E-state index in [2.05, 4.69) is 15.5 Å². The number of aromatic nitrogens is 4. The molecule has 2 aromatic heterocycles. The summed E-state index contributed by atoms with van der Waals surface area (Å²) in [5.41, 5.74) is -0.832. The molecule has 6 nitrogen and oxygen atoms in total. The maximum atomic E-state index is 13.1. The van der Waals surface area contributed by atoms with Gasteiger partial charge in [-0.15, -0.1) is 0 Å². The fourth-order valence-electron chi connectivity index (χ4n) is 3.45. The molecule has 1 aromatic carbocycles. The Bertz CT molecular complexity index is 1160. The molecule has 1 fully saturated rings. The van der Waals surface area contributed by atoms with Crippen molar-refractivity contribution in [1.82, 2.24) is 19.6 Å². The normalized spacial score (nSPS) is 15.5. The van der Waals surface area contributed by atoms with Crippen molar-refractivity contribution in [3.8, 4) is 0 Å². The summed E-state index contributed by atoms with van der Waals surface area (Å²) in [4.78, 5) is 12.7. The zero-order chi connectivity index (χ0) is 24.0. The fraction of sp³-hybridized carbons (Fsp3) is 0.381. The predicted octanol–water partition coefficient (Wildman–Crippen LogP) is 5.24. The number of alkyl halides is 6. The van der Waals surface area contributed by atoms with Crippen molar-refractivity contribution < 1.29 is 31.1 Å². The van der Waals surface area contributed by atoms with E-state index in [1.165, 1.54) is 36.1 Å². The highest BCUT2D eigenvalue weighted by atomic mass is 19.4. The summed E-state index contributed by atoms with van der Waals surface area (Å²) >= 11 is 0. The quantitative estimate of drug-likeness (QED) is 0.500. The number of nitrogens with zero attached hydrogens (tertiary/aromatic N) is 4. The van der Waals surface area contributed by atoms with Crippen LogP contribution >= 0.6 is 0 Å². The summed E-state index contributed by atoms with van der Waals surface area (Å²) in [6.07, 6.45) is -4.87. The van der Waals surface area contributed by atoms with Gasteiger partial charge in [0.15, 0.2) is 5.69 Å². The number of amides is 1. The van der Waals surface area contributed by atoms with Crippen LogP contribution < -0.4 is 5.32 Å². The highest BCUT2D eigenvalue weighted by molar-refractivity contribution is 5.93. The van der Waals surface area contributed by atoms with Gasteiger partial charge in [-0.25, -0.2) is 0 Å². The molecule has 33 heavy (non-hydrogen) atoms. The Morgan fingerprint density at radius 3 is 2.52 bits per heavy atom. The molecule has 12 heteroatoms. The van der Waals surface area contributed by atoms with Gasteiger partial charge in [-0.3, -0.25) is 14.2 Å². The Kier molecular flexibility index (Phi) is 5.71. The molecule has 176 valence electrons. The molecule has 0 spiro atoms. The SMILES string of the molecule is CC(C(=O)Nc1cnn(Cc2cccc(C(F)(F)F)c2)c1)n1nc(C(F)(F)F)cc1C1CC1. The topological polar surface area (TPSA) is 64.7 Å². The summed E-state index contributed by atoms with van der Waals surface area (Å²) < 4.78 is 80.4. The van der Waals surface area contributed by atoms with E-state index >= 15 is 0 Å². The van der Waals surface area contributed by atoms with Gasteiger partial charge in [-0.05, 0) is 43.5 Å². The van der Waals surface area contributed by atoms with Crippen molar-refractivity contribution in [2.24, 2.45) is 0 Å². The number of benzene rings is 1. The number of carbonyl (C=O) groups is 1. The smallest absolute Gasteiger partial charge is 0.322 e. The largest absolute Gasteiger partial charge is 0.435 e. The Morgan fingerprint density at radius 2 is 1.88 bits per heavy atom. The van der Waals surface area contributed by atoms with Crippen molar-refractivity contribution in [1.29, 1.82) is 0 Å². The number of hydrogen-bond acceptors (Lipinski definition) is 3. The van der Waals surface area contributed by atoms with Gasteiger partial charge < -0.3 is 5.32 Å². The molecule has 4 rings (SSSR count). The van der Waals surface area contributed by atoms with E-state index in [1.54, 1.807) is 0 Å². The third kappa shape index (κ3) is 5.20. The van der Waals surface area contributed by atoms with Crippen molar-refractivity contribution >= 4 is 11.6 Å².